The Morgan fingerprint density at radius 3 is 2.38 bits per heavy atom. The van der Waals surface area contributed by atoms with Gasteiger partial charge in [-0.05, 0) is 52.3 Å². The molecular weight excluding hydrogens is 358 g/mol. The summed E-state index contributed by atoms with van der Waals surface area (Å²) in [4.78, 5) is 23.3. The molecule has 0 radical (unpaired) electrons. The van der Waals surface area contributed by atoms with E-state index < -0.39 is 11.8 Å². The monoisotopic (exact) mass is 367 g/mol. The number of rotatable bonds is 3. The molecule has 2 rings (SSSR count). The zero-order valence-corrected chi connectivity index (χ0v) is 13.0. The van der Waals surface area contributed by atoms with Crippen molar-refractivity contribution in [2.24, 2.45) is 5.73 Å². The summed E-state index contributed by atoms with van der Waals surface area (Å²) in [5.41, 5.74) is 12.3. The Balaban J connectivity index is 2.28. The maximum atomic E-state index is 12.2. The van der Waals surface area contributed by atoms with Crippen LogP contribution in [0.1, 0.15) is 20.7 Å². The number of nitrogen functional groups attached to an aromatic ring is 1. The van der Waals surface area contributed by atoms with Crippen molar-refractivity contribution in [1.82, 2.24) is 0 Å². The van der Waals surface area contributed by atoms with Gasteiger partial charge in [-0.2, -0.15) is 0 Å². The highest BCUT2D eigenvalue weighted by molar-refractivity contribution is 9.10. The van der Waals surface area contributed by atoms with Gasteiger partial charge >= 0.3 is 0 Å². The number of benzene rings is 2. The van der Waals surface area contributed by atoms with Gasteiger partial charge in [-0.1, -0.05) is 11.6 Å². The molecule has 2 amide bonds. The number of amides is 2. The summed E-state index contributed by atoms with van der Waals surface area (Å²) in [6, 6.07) is 9.22. The lowest BCUT2D eigenvalue weighted by molar-refractivity contribution is 0.0996. The van der Waals surface area contributed by atoms with Crippen LogP contribution in [-0.2, 0) is 0 Å². The van der Waals surface area contributed by atoms with Gasteiger partial charge in [0, 0.05) is 21.3 Å². The number of nitrogens with one attached hydrogen (secondary N) is 1. The van der Waals surface area contributed by atoms with Crippen LogP contribution >= 0.6 is 27.5 Å². The summed E-state index contributed by atoms with van der Waals surface area (Å²) in [7, 11) is 0. The lowest BCUT2D eigenvalue weighted by atomic mass is 10.1. The normalized spacial score (nSPS) is 10.2. The van der Waals surface area contributed by atoms with Gasteiger partial charge in [-0.3, -0.25) is 9.59 Å². The first kappa shape index (κ1) is 15.3. The van der Waals surface area contributed by atoms with Gasteiger partial charge in [0.25, 0.3) is 5.91 Å². The number of nitrogens with two attached hydrogens (primary N) is 2. The molecule has 7 heteroatoms. The van der Waals surface area contributed by atoms with Gasteiger partial charge in [-0.25, -0.2) is 0 Å². The van der Waals surface area contributed by atoms with E-state index in [4.69, 9.17) is 23.1 Å². The molecule has 0 spiro atoms. The van der Waals surface area contributed by atoms with Crippen molar-refractivity contribution in [2.45, 2.75) is 0 Å². The average Bonchev–Trinajstić information content (AvgIpc) is 2.43. The van der Waals surface area contributed by atoms with Crippen LogP contribution in [0.5, 0.6) is 0 Å². The smallest absolute Gasteiger partial charge is 0.255 e. The molecule has 108 valence electrons. The molecule has 2 aromatic rings. The molecule has 0 aromatic heterocycles. The van der Waals surface area contributed by atoms with Crippen molar-refractivity contribution in [2.75, 3.05) is 11.1 Å². The summed E-state index contributed by atoms with van der Waals surface area (Å²) in [5, 5.41) is 2.92. The van der Waals surface area contributed by atoms with E-state index >= 15 is 0 Å². The molecule has 0 heterocycles. The predicted molar refractivity (Wildman–Crippen MR) is 86.5 cm³/mol. The van der Waals surface area contributed by atoms with Crippen LogP contribution < -0.4 is 16.8 Å². The number of carbonyl (C=O) groups excluding carboxylic acids is 2. The Hall–Kier alpha value is -2.05. The summed E-state index contributed by atoms with van der Waals surface area (Å²) < 4.78 is 0.702. The van der Waals surface area contributed by atoms with Crippen molar-refractivity contribution in [3.63, 3.8) is 0 Å². The molecule has 5 nitrogen and oxygen atoms in total. The minimum atomic E-state index is -0.602. The van der Waals surface area contributed by atoms with E-state index in [9.17, 15) is 9.59 Å². The van der Waals surface area contributed by atoms with Gasteiger partial charge in [0.2, 0.25) is 5.91 Å². The van der Waals surface area contributed by atoms with E-state index in [1.165, 1.54) is 24.3 Å². The molecule has 0 aliphatic carbocycles. The quantitative estimate of drug-likeness (QED) is 0.726. The average molecular weight is 369 g/mol. The summed E-state index contributed by atoms with van der Waals surface area (Å²) in [6.07, 6.45) is 0. The third kappa shape index (κ3) is 3.53. The van der Waals surface area contributed by atoms with E-state index in [0.717, 1.165) is 0 Å². The van der Waals surface area contributed by atoms with Crippen LogP contribution in [0.15, 0.2) is 40.9 Å². The fourth-order valence-corrected chi connectivity index (χ4v) is 2.07. The largest absolute Gasteiger partial charge is 0.398 e. The minimum absolute atomic E-state index is 0.255. The number of anilines is 2. The molecule has 2 aromatic carbocycles. The van der Waals surface area contributed by atoms with Crippen molar-refractivity contribution >= 4 is 50.7 Å². The number of hydrogen-bond donors (Lipinski definition) is 3. The van der Waals surface area contributed by atoms with Crippen LogP contribution in [0.3, 0.4) is 0 Å². The molecule has 0 atom stereocenters. The van der Waals surface area contributed by atoms with Crippen molar-refractivity contribution in [3.05, 3.63) is 57.0 Å². The maximum Gasteiger partial charge on any atom is 0.255 e. The molecule has 0 saturated heterocycles. The first-order chi connectivity index (χ1) is 9.88. The van der Waals surface area contributed by atoms with E-state index in [1.54, 1.807) is 12.1 Å². The Bertz CT molecular complexity index is 734. The molecule has 0 aliphatic heterocycles. The highest BCUT2D eigenvalue weighted by Crippen LogP contribution is 2.25. The summed E-state index contributed by atoms with van der Waals surface area (Å²) in [6.45, 7) is 0. The predicted octanol–water partition coefficient (Wildman–Crippen LogP) is 3.04. The van der Waals surface area contributed by atoms with E-state index in [2.05, 4.69) is 21.2 Å². The van der Waals surface area contributed by atoms with Crippen LogP contribution in [0.4, 0.5) is 11.4 Å². The first-order valence-corrected chi connectivity index (χ1v) is 7.01. The van der Waals surface area contributed by atoms with Gasteiger partial charge in [0.15, 0.2) is 0 Å². The van der Waals surface area contributed by atoms with Gasteiger partial charge in [0.05, 0.1) is 10.7 Å². The molecule has 0 unspecified atom stereocenters. The third-order valence-electron chi connectivity index (χ3n) is 2.76. The number of carbonyl (C=O) groups is 2. The first-order valence-electron chi connectivity index (χ1n) is 5.84. The molecule has 0 bridgehead atoms. The topological polar surface area (TPSA) is 98.2 Å². The number of primary amides is 1. The second-order valence-electron chi connectivity index (χ2n) is 4.25. The fraction of sp³-hybridized carbons (Fsp3) is 0. The van der Waals surface area contributed by atoms with Crippen LogP contribution in [0.2, 0.25) is 5.02 Å². The van der Waals surface area contributed by atoms with Crippen molar-refractivity contribution in [3.8, 4) is 0 Å². The zero-order valence-electron chi connectivity index (χ0n) is 10.7. The SMILES string of the molecule is NC(=O)c1ccc(Cl)c(NC(=O)c2ccc(Br)c(N)c2)c1. The maximum absolute atomic E-state index is 12.2. The molecular formula is C14H11BrClN3O2. The van der Waals surface area contributed by atoms with Crippen LogP contribution in [0.25, 0.3) is 0 Å². The minimum Gasteiger partial charge on any atom is -0.398 e. The van der Waals surface area contributed by atoms with Crippen LogP contribution in [0, 0.1) is 0 Å². The second kappa shape index (κ2) is 6.15. The molecule has 5 N–H and O–H groups in total. The van der Waals surface area contributed by atoms with E-state index in [0.29, 0.717) is 26.4 Å². The second-order valence-corrected chi connectivity index (χ2v) is 5.51. The summed E-state index contributed by atoms with van der Waals surface area (Å²) in [5.74, 6) is -0.993. The zero-order chi connectivity index (χ0) is 15.6. The number of hydrogen-bond acceptors (Lipinski definition) is 3. The van der Waals surface area contributed by atoms with E-state index in [1.807, 2.05) is 0 Å². The Kier molecular flexibility index (Phi) is 4.50. The third-order valence-corrected chi connectivity index (χ3v) is 3.81. The Morgan fingerprint density at radius 2 is 1.76 bits per heavy atom. The highest BCUT2D eigenvalue weighted by Gasteiger charge is 2.11. The van der Waals surface area contributed by atoms with Gasteiger partial charge in [-0.15, -0.1) is 0 Å². The lowest BCUT2D eigenvalue weighted by Crippen LogP contribution is -2.15. The molecule has 21 heavy (non-hydrogen) atoms. The lowest BCUT2D eigenvalue weighted by Gasteiger charge is -2.09. The van der Waals surface area contributed by atoms with Gasteiger partial charge in [0.1, 0.15) is 0 Å². The fourth-order valence-electron chi connectivity index (χ4n) is 1.65. The van der Waals surface area contributed by atoms with Crippen molar-refractivity contribution < 1.29 is 9.59 Å². The van der Waals surface area contributed by atoms with E-state index in [-0.39, 0.29) is 5.56 Å². The number of halogens is 2. The summed E-state index contributed by atoms with van der Waals surface area (Å²) >= 11 is 9.24. The molecule has 0 saturated carbocycles. The highest BCUT2D eigenvalue weighted by atomic mass is 79.9. The molecule has 0 aliphatic rings. The van der Waals surface area contributed by atoms with Gasteiger partial charge < -0.3 is 16.8 Å². The van der Waals surface area contributed by atoms with Crippen LogP contribution in [-0.4, -0.2) is 11.8 Å². The van der Waals surface area contributed by atoms with Crippen molar-refractivity contribution in [1.29, 1.82) is 0 Å². The molecule has 0 fully saturated rings. The Labute approximate surface area is 134 Å². The Morgan fingerprint density at radius 1 is 1.10 bits per heavy atom. The standard InChI is InChI=1S/C14H11BrClN3O2/c15-9-3-1-8(5-11(9)17)14(21)19-12-6-7(13(18)20)2-4-10(12)16/h1-6H,17H2,(H2,18,20)(H,19,21).